The fraction of sp³-hybridized carbons (Fsp3) is 0.320. The molecule has 0 unspecified atom stereocenters. The lowest BCUT2D eigenvalue weighted by Gasteiger charge is -2.37. The summed E-state index contributed by atoms with van der Waals surface area (Å²) >= 11 is 7.14. The van der Waals surface area contributed by atoms with Gasteiger partial charge in [0.1, 0.15) is 0 Å². The molecule has 8 heteroatoms. The molecule has 0 bridgehead atoms. The number of hydrogen-bond donors (Lipinski definition) is 1. The van der Waals surface area contributed by atoms with Crippen molar-refractivity contribution in [1.82, 2.24) is 9.88 Å². The van der Waals surface area contributed by atoms with E-state index in [1.54, 1.807) is 12.1 Å². The Morgan fingerprint density at radius 2 is 1.73 bits per heavy atom. The molecule has 1 saturated heterocycles. The molecule has 1 N–H and O–H groups in total. The van der Waals surface area contributed by atoms with Crippen LogP contribution in [0.3, 0.4) is 0 Å². The highest BCUT2D eigenvalue weighted by Crippen LogP contribution is 2.27. The van der Waals surface area contributed by atoms with Crippen LogP contribution in [0, 0.1) is 0 Å². The van der Waals surface area contributed by atoms with E-state index in [2.05, 4.69) is 32.2 Å². The zero-order chi connectivity index (χ0) is 23.0. The summed E-state index contributed by atoms with van der Waals surface area (Å²) in [5.74, 6) is -0.215. The van der Waals surface area contributed by atoms with Crippen molar-refractivity contribution in [2.24, 2.45) is 0 Å². The van der Waals surface area contributed by atoms with Gasteiger partial charge in [-0.15, -0.1) is 11.3 Å². The number of hydrogen-bond acceptors (Lipinski definition) is 6. The number of halogens is 1. The van der Waals surface area contributed by atoms with E-state index in [4.69, 9.17) is 11.6 Å². The second-order valence-electron chi connectivity index (χ2n) is 8.03. The molecule has 0 saturated carbocycles. The number of anilines is 2. The molecule has 3 aromatic rings. The third kappa shape index (κ3) is 6.63. The van der Waals surface area contributed by atoms with Gasteiger partial charge in [0.25, 0.3) is 0 Å². The molecule has 0 aliphatic carbocycles. The smallest absolute Gasteiger partial charge is 0.224 e. The predicted molar refractivity (Wildman–Crippen MR) is 135 cm³/mol. The number of pyridine rings is 1. The van der Waals surface area contributed by atoms with Gasteiger partial charge < -0.3 is 10.2 Å². The van der Waals surface area contributed by atoms with Crippen LogP contribution in [-0.4, -0.2) is 54.3 Å². The molecule has 4 rings (SSSR count). The highest BCUT2D eigenvalue weighted by Gasteiger charge is 2.20. The maximum atomic E-state index is 12.5. The van der Waals surface area contributed by atoms with Gasteiger partial charge in [0.2, 0.25) is 5.91 Å². The largest absolute Gasteiger partial charge is 0.367 e. The normalized spacial score (nSPS) is 14.3. The van der Waals surface area contributed by atoms with E-state index in [1.807, 2.05) is 36.7 Å². The summed E-state index contributed by atoms with van der Waals surface area (Å²) in [5.41, 5.74) is 3.12. The van der Waals surface area contributed by atoms with Gasteiger partial charge in [0.15, 0.2) is 5.78 Å². The summed E-state index contributed by atoms with van der Waals surface area (Å²) in [6.07, 6.45) is 5.01. The van der Waals surface area contributed by atoms with Crippen molar-refractivity contribution >= 4 is 46.0 Å². The first-order valence-corrected chi connectivity index (χ1v) is 12.3. The molecule has 3 heterocycles. The lowest BCUT2D eigenvalue weighted by molar-refractivity contribution is -0.116. The number of carbonyl (C=O) groups excluding carboxylic acids is 2. The second kappa shape index (κ2) is 11.4. The van der Waals surface area contributed by atoms with Crippen LogP contribution < -0.4 is 10.2 Å². The minimum Gasteiger partial charge on any atom is -0.367 e. The summed E-state index contributed by atoms with van der Waals surface area (Å²) in [4.78, 5) is 34.3. The number of nitrogens with one attached hydrogen (secondary N) is 1. The maximum absolute atomic E-state index is 12.5. The first-order chi connectivity index (χ1) is 16.1. The molecular formula is C25H27ClN4O2S. The lowest BCUT2D eigenvalue weighted by Crippen LogP contribution is -2.47. The number of piperazine rings is 1. The third-order valence-electron chi connectivity index (χ3n) is 5.78. The number of ketones is 1. The van der Waals surface area contributed by atoms with Crippen LogP contribution in [0.1, 0.15) is 28.1 Å². The van der Waals surface area contributed by atoms with Gasteiger partial charge in [-0.1, -0.05) is 23.7 Å². The molecule has 33 heavy (non-hydrogen) atoms. The Bertz CT molecular complexity index is 1080. The SMILES string of the molecule is O=C(CCC(=O)c1ccc(Cl)s1)Nc1ccccc1N1CCN(CCc2ccncc2)CC1. The van der Waals surface area contributed by atoms with Crippen molar-refractivity contribution in [3.63, 3.8) is 0 Å². The number of nitrogens with zero attached hydrogens (tertiary/aromatic N) is 3. The standard InChI is InChI=1S/C25H27ClN4O2S/c26-24-7-6-23(33-24)22(31)5-8-25(32)28-20-3-1-2-4-21(20)30-17-15-29(16-18-30)14-11-19-9-12-27-13-10-19/h1-4,6-7,9-10,12-13H,5,8,11,14-18H2,(H,28,32). The van der Waals surface area contributed by atoms with Crippen LogP contribution >= 0.6 is 22.9 Å². The third-order valence-corrected chi connectivity index (χ3v) is 7.06. The molecule has 6 nitrogen and oxygen atoms in total. The molecule has 1 aliphatic heterocycles. The molecular weight excluding hydrogens is 456 g/mol. The molecule has 1 aliphatic rings. The van der Waals surface area contributed by atoms with Crippen molar-refractivity contribution in [1.29, 1.82) is 0 Å². The summed E-state index contributed by atoms with van der Waals surface area (Å²) < 4.78 is 0.578. The molecule has 2 aromatic heterocycles. The van der Waals surface area contributed by atoms with Gasteiger partial charge in [0.05, 0.1) is 20.6 Å². The van der Waals surface area contributed by atoms with E-state index in [0.717, 1.165) is 50.5 Å². The number of para-hydroxylation sites is 2. The van der Waals surface area contributed by atoms with Gasteiger partial charge in [0, 0.05) is 58.0 Å². The van der Waals surface area contributed by atoms with Crippen LogP contribution in [0.5, 0.6) is 0 Å². The van der Waals surface area contributed by atoms with E-state index in [0.29, 0.717) is 9.21 Å². The number of Topliss-reactive ketones (excluding diaryl/α,β-unsaturated/α-hetero) is 1. The number of amides is 1. The minimum absolute atomic E-state index is 0.0572. The first-order valence-electron chi connectivity index (χ1n) is 11.1. The Kier molecular flexibility index (Phi) is 8.10. The Balaban J connectivity index is 1.27. The fourth-order valence-electron chi connectivity index (χ4n) is 3.93. The van der Waals surface area contributed by atoms with Crippen LogP contribution in [0.15, 0.2) is 60.9 Å². The van der Waals surface area contributed by atoms with Crippen LogP contribution in [0.4, 0.5) is 11.4 Å². The Hall–Kier alpha value is -2.74. The number of aromatic nitrogens is 1. The number of thiophene rings is 1. The van der Waals surface area contributed by atoms with Crippen LogP contribution in [0.25, 0.3) is 0 Å². The van der Waals surface area contributed by atoms with Gasteiger partial charge in [-0.3, -0.25) is 19.5 Å². The van der Waals surface area contributed by atoms with Crippen molar-refractivity contribution in [2.45, 2.75) is 19.3 Å². The highest BCUT2D eigenvalue weighted by atomic mass is 35.5. The average Bonchev–Trinajstić information content (AvgIpc) is 3.29. The van der Waals surface area contributed by atoms with E-state index in [9.17, 15) is 9.59 Å². The molecule has 0 radical (unpaired) electrons. The van der Waals surface area contributed by atoms with Gasteiger partial charge in [-0.2, -0.15) is 0 Å². The van der Waals surface area contributed by atoms with Gasteiger partial charge in [-0.25, -0.2) is 0 Å². The van der Waals surface area contributed by atoms with Crippen molar-refractivity contribution in [3.05, 3.63) is 75.7 Å². The van der Waals surface area contributed by atoms with E-state index in [1.165, 1.54) is 16.9 Å². The molecule has 172 valence electrons. The van der Waals surface area contributed by atoms with Crippen molar-refractivity contribution in [2.75, 3.05) is 42.9 Å². The van der Waals surface area contributed by atoms with E-state index >= 15 is 0 Å². The predicted octanol–water partition coefficient (Wildman–Crippen LogP) is 4.76. The van der Waals surface area contributed by atoms with Crippen molar-refractivity contribution < 1.29 is 9.59 Å². The summed E-state index contributed by atoms with van der Waals surface area (Å²) in [6.45, 7) is 4.79. The molecule has 0 atom stereocenters. The zero-order valence-corrected chi connectivity index (χ0v) is 19.9. The molecule has 1 fully saturated rings. The minimum atomic E-state index is -0.158. The Morgan fingerprint density at radius 3 is 2.45 bits per heavy atom. The lowest BCUT2D eigenvalue weighted by atomic mass is 10.1. The fourth-order valence-corrected chi connectivity index (χ4v) is 4.94. The summed E-state index contributed by atoms with van der Waals surface area (Å²) in [6, 6.07) is 15.4. The first kappa shape index (κ1) is 23.4. The second-order valence-corrected chi connectivity index (χ2v) is 9.74. The van der Waals surface area contributed by atoms with Gasteiger partial charge >= 0.3 is 0 Å². The van der Waals surface area contributed by atoms with Crippen molar-refractivity contribution in [3.8, 4) is 0 Å². The number of carbonyl (C=O) groups is 2. The summed E-state index contributed by atoms with van der Waals surface area (Å²) in [7, 11) is 0. The van der Waals surface area contributed by atoms with E-state index in [-0.39, 0.29) is 24.5 Å². The van der Waals surface area contributed by atoms with E-state index < -0.39 is 0 Å². The molecule has 0 spiro atoms. The molecule has 1 aromatic carbocycles. The maximum Gasteiger partial charge on any atom is 0.224 e. The number of rotatable bonds is 9. The number of benzene rings is 1. The quantitative estimate of drug-likeness (QED) is 0.445. The Labute approximate surface area is 203 Å². The topological polar surface area (TPSA) is 65.5 Å². The van der Waals surface area contributed by atoms with Crippen LogP contribution in [-0.2, 0) is 11.2 Å². The zero-order valence-electron chi connectivity index (χ0n) is 18.4. The highest BCUT2D eigenvalue weighted by molar-refractivity contribution is 7.18. The molecule has 1 amide bonds. The monoisotopic (exact) mass is 482 g/mol. The Morgan fingerprint density at radius 1 is 0.970 bits per heavy atom. The summed E-state index contributed by atoms with van der Waals surface area (Å²) in [5, 5.41) is 3.00. The average molecular weight is 483 g/mol. The van der Waals surface area contributed by atoms with Crippen LogP contribution in [0.2, 0.25) is 4.34 Å². The van der Waals surface area contributed by atoms with Gasteiger partial charge in [-0.05, 0) is 48.4 Å².